The van der Waals surface area contributed by atoms with Crippen LogP contribution in [0, 0.1) is 0 Å². The van der Waals surface area contributed by atoms with Crippen LogP contribution < -0.4 is 5.32 Å². The Bertz CT molecular complexity index is 405. The number of aryl methyl sites for hydroxylation is 1. The average Bonchev–Trinajstić information content (AvgIpc) is 2.47. The zero-order valence-corrected chi connectivity index (χ0v) is 11.3. The van der Waals surface area contributed by atoms with Gasteiger partial charge in [-0.2, -0.15) is 0 Å². The molecule has 0 radical (unpaired) electrons. The molecule has 0 aromatic carbocycles. The maximum Gasteiger partial charge on any atom is 0.131 e. The first-order valence-electron chi connectivity index (χ1n) is 7.47. The third-order valence-corrected chi connectivity index (χ3v) is 4.34. The Hall–Kier alpha value is -0.960. The first-order valence-corrected chi connectivity index (χ1v) is 7.47. The van der Waals surface area contributed by atoms with E-state index in [9.17, 15) is 0 Å². The molecule has 0 saturated heterocycles. The van der Waals surface area contributed by atoms with Crippen molar-refractivity contribution >= 4 is 0 Å². The second-order valence-corrected chi connectivity index (χ2v) is 5.57. The lowest BCUT2D eigenvalue weighted by molar-refractivity contribution is 0.425. The fourth-order valence-corrected chi connectivity index (χ4v) is 3.27. The second-order valence-electron chi connectivity index (χ2n) is 5.57. The van der Waals surface area contributed by atoms with E-state index >= 15 is 0 Å². The summed E-state index contributed by atoms with van der Waals surface area (Å²) in [6, 6.07) is 0. The first-order chi connectivity index (χ1) is 8.88. The van der Waals surface area contributed by atoms with Gasteiger partial charge in [-0.25, -0.2) is 9.97 Å². The molecule has 3 rings (SSSR count). The second kappa shape index (κ2) is 5.35. The van der Waals surface area contributed by atoms with Gasteiger partial charge in [-0.3, -0.25) is 0 Å². The maximum absolute atomic E-state index is 4.89. The molecule has 1 aromatic rings. The number of hydrogen-bond acceptors (Lipinski definition) is 3. The van der Waals surface area contributed by atoms with Crippen molar-refractivity contribution in [3.63, 3.8) is 0 Å². The van der Waals surface area contributed by atoms with Gasteiger partial charge < -0.3 is 5.32 Å². The van der Waals surface area contributed by atoms with Crippen LogP contribution in [0.5, 0.6) is 0 Å². The standard InChI is InChI=1S/C15H23N3/c1-2-13-12-10-16-9-8-14(12)18-15(17-13)11-6-4-3-5-7-11/h11,16H,2-10H2,1H3. The molecular weight excluding hydrogens is 222 g/mol. The van der Waals surface area contributed by atoms with Gasteiger partial charge in [-0.1, -0.05) is 26.2 Å². The number of aromatic nitrogens is 2. The lowest BCUT2D eigenvalue weighted by Gasteiger charge is -2.24. The highest BCUT2D eigenvalue weighted by atomic mass is 15.0. The highest BCUT2D eigenvalue weighted by Gasteiger charge is 2.22. The molecular formula is C15H23N3. The Morgan fingerprint density at radius 1 is 1.17 bits per heavy atom. The quantitative estimate of drug-likeness (QED) is 0.870. The summed E-state index contributed by atoms with van der Waals surface area (Å²) in [5.41, 5.74) is 3.98. The van der Waals surface area contributed by atoms with Crippen molar-refractivity contribution in [2.75, 3.05) is 6.54 Å². The van der Waals surface area contributed by atoms with Crippen molar-refractivity contribution < 1.29 is 0 Å². The SMILES string of the molecule is CCc1nc(C2CCCCC2)nc2c1CNCC2. The van der Waals surface area contributed by atoms with E-state index in [0.717, 1.165) is 31.8 Å². The summed E-state index contributed by atoms with van der Waals surface area (Å²) in [7, 11) is 0. The van der Waals surface area contributed by atoms with Gasteiger partial charge in [0.15, 0.2) is 0 Å². The minimum atomic E-state index is 0.629. The van der Waals surface area contributed by atoms with Crippen LogP contribution in [0.1, 0.15) is 67.7 Å². The van der Waals surface area contributed by atoms with Gasteiger partial charge in [-0.05, 0) is 19.3 Å². The van der Waals surface area contributed by atoms with E-state index in [0.29, 0.717) is 5.92 Å². The summed E-state index contributed by atoms with van der Waals surface area (Å²) in [5.74, 6) is 1.77. The van der Waals surface area contributed by atoms with E-state index in [-0.39, 0.29) is 0 Å². The van der Waals surface area contributed by atoms with E-state index in [1.54, 1.807) is 0 Å². The van der Waals surface area contributed by atoms with E-state index in [2.05, 4.69) is 12.2 Å². The van der Waals surface area contributed by atoms with Crippen LogP contribution in [-0.4, -0.2) is 16.5 Å². The third kappa shape index (κ3) is 2.28. The molecule has 0 bridgehead atoms. The van der Waals surface area contributed by atoms with E-state index in [1.807, 2.05) is 0 Å². The van der Waals surface area contributed by atoms with Crippen molar-refractivity contribution in [2.24, 2.45) is 0 Å². The topological polar surface area (TPSA) is 37.8 Å². The first kappa shape index (κ1) is 12.1. The van der Waals surface area contributed by atoms with E-state index in [4.69, 9.17) is 9.97 Å². The number of rotatable bonds is 2. The minimum Gasteiger partial charge on any atom is -0.312 e. The van der Waals surface area contributed by atoms with Gasteiger partial charge >= 0.3 is 0 Å². The highest BCUT2D eigenvalue weighted by molar-refractivity contribution is 5.29. The molecule has 0 unspecified atom stereocenters. The Morgan fingerprint density at radius 3 is 2.78 bits per heavy atom. The number of nitrogens with one attached hydrogen (secondary N) is 1. The Kier molecular flexibility index (Phi) is 3.59. The maximum atomic E-state index is 4.89. The molecule has 0 atom stereocenters. The van der Waals surface area contributed by atoms with Gasteiger partial charge in [0.25, 0.3) is 0 Å². The molecule has 3 heteroatoms. The highest BCUT2D eigenvalue weighted by Crippen LogP contribution is 2.31. The van der Waals surface area contributed by atoms with E-state index in [1.165, 1.54) is 49.1 Å². The van der Waals surface area contributed by atoms with Gasteiger partial charge in [0, 0.05) is 36.7 Å². The van der Waals surface area contributed by atoms with Crippen molar-refractivity contribution in [2.45, 2.75) is 64.3 Å². The summed E-state index contributed by atoms with van der Waals surface area (Å²) in [4.78, 5) is 9.77. The van der Waals surface area contributed by atoms with E-state index < -0.39 is 0 Å². The van der Waals surface area contributed by atoms with Crippen molar-refractivity contribution in [1.29, 1.82) is 0 Å². The number of hydrogen-bond donors (Lipinski definition) is 1. The molecule has 2 heterocycles. The molecule has 1 N–H and O–H groups in total. The Balaban J connectivity index is 1.94. The molecule has 1 fully saturated rings. The lowest BCUT2D eigenvalue weighted by atomic mass is 9.88. The van der Waals surface area contributed by atoms with Gasteiger partial charge in [-0.15, -0.1) is 0 Å². The summed E-state index contributed by atoms with van der Waals surface area (Å²) in [6.45, 7) is 4.24. The molecule has 1 aliphatic heterocycles. The molecule has 98 valence electrons. The van der Waals surface area contributed by atoms with Gasteiger partial charge in [0.2, 0.25) is 0 Å². The third-order valence-electron chi connectivity index (χ3n) is 4.34. The fraction of sp³-hybridized carbons (Fsp3) is 0.733. The summed E-state index contributed by atoms with van der Waals surface area (Å²) in [6.07, 6.45) is 8.80. The van der Waals surface area contributed by atoms with Gasteiger partial charge in [0.05, 0.1) is 5.69 Å². The monoisotopic (exact) mass is 245 g/mol. The Morgan fingerprint density at radius 2 is 2.00 bits per heavy atom. The van der Waals surface area contributed by atoms with Crippen LogP contribution in [0.3, 0.4) is 0 Å². The predicted molar refractivity (Wildman–Crippen MR) is 72.6 cm³/mol. The lowest BCUT2D eigenvalue weighted by Crippen LogP contribution is -2.27. The van der Waals surface area contributed by atoms with Crippen LogP contribution in [0.25, 0.3) is 0 Å². The normalized spacial score (nSPS) is 20.7. The summed E-state index contributed by atoms with van der Waals surface area (Å²) >= 11 is 0. The molecule has 1 aromatic heterocycles. The van der Waals surface area contributed by atoms with Crippen LogP contribution in [-0.2, 0) is 19.4 Å². The molecule has 1 aliphatic carbocycles. The summed E-state index contributed by atoms with van der Waals surface area (Å²) < 4.78 is 0. The largest absolute Gasteiger partial charge is 0.312 e. The van der Waals surface area contributed by atoms with Crippen LogP contribution in [0.15, 0.2) is 0 Å². The number of nitrogens with zero attached hydrogens (tertiary/aromatic N) is 2. The van der Waals surface area contributed by atoms with Crippen LogP contribution >= 0.6 is 0 Å². The predicted octanol–water partition coefficient (Wildman–Crippen LogP) is 2.73. The molecule has 0 amide bonds. The van der Waals surface area contributed by atoms with Crippen molar-refractivity contribution in [3.05, 3.63) is 22.8 Å². The smallest absolute Gasteiger partial charge is 0.131 e. The number of fused-ring (bicyclic) bond motifs is 1. The Labute approximate surface area is 109 Å². The fourth-order valence-electron chi connectivity index (χ4n) is 3.27. The molecule has 0 spiro atoms. The minimum absolute atomic E-state index is 0.629. The molecule has 2 aliphatic rings. The zero-order chi connectivity index (χ0) is 12.4. The van der Waals surface area contributed by atoms with Crippen LogP contribution in [0.4, 0.5) is 0 Å². The van der Waals surface area contributed by atoms with Crippen molar-refractivity contribution in [1.82, 2.24) is 15.3 Å². The average molecular weight is 245 g/mol. The molecule has 3 nitrogen and oxygen atoms in total. The molecule has 18 heavy (non-hydrogen) atoms. The molecule has 1 saturated carbocycles. The van der Waals surface area contributed by atoms with Crippen LogP contribution in [0.2, 0.25) is 0 Å². The van der Waals surface area contributed by atoms with Gasteiger partial charge in [0.1, 0.15) is 5.82 Å². The zero-order valence-electron chi connectivity index (χ0n) is 11.3. The summed E-state index contributed by atoms with van der Waals surface area (Å²) in [5, 5.41) is 3.43. The van der Waals surface area contributed by atoms with Crippen molar-refractivity contribution in [3.8, 4) is 0 Å².